The van der Waals surface area contributed by atoms with Crippen LogP contribution in [0.1, 0.15) is 11.6 Å². The van der Waals surface area contributed by atoms with Gasteiger partial charge >= 0.3 is 0 Å². The molecule has 1 aromatic rings. The zero-order chi connectivity index (χ0) is 8.27. The fourth-order valence-corrected chi connectivity index (χ4v) is 1.42. The highest BCUT2D eigenvalue weighted by Gasteiger charge is 2.03. The quantitative estimate of drug-likeness (QED) is 0.749. The molecule has 0 spiro atoms. The molecule has 0 saturated heterocycles. The van der Waals surface area contributed by atoms with E-state index in [4.69, 9.17) is 5.73 Å². The number of halogens is 1. The predicted molar refractivity (Wildman–Crippen MR) is 51.3 cm³/mol. The van der Waals surface area contributed by atoms with Crippen LogP contribution in [0.4, 0.5) is 0 Å². The molecule has 0 heterocycles. The van der Waals surface area contributed by atoms with Gasteiger partial charge in [-0.1, -0.05) is 40.2 Å². The molecule has 0 radical (unpaired) electrons. The van der Waals surface area contributed by atoms with Gasteiger partial charge in [-0.15, -0.1) is 6.58 Å². The molecule has 0 bridgehead atoms. The fourth-order valence-electron chi connectivity index (χ4n) is 0.872. The van der Waals surface area contributed by atoms with Gasteiger partial charge in [-0.2, -0.15) is 0 Å². The third-order valence-electron chi connectivity index (χ3n) is 1.52. The average Bonchev–Trinajstić information content (AvgIpc) is 2.04. The van der Waals surface area contributed by atoms with E-state index in [-0.39, 0.29) is 6.04 Å². The number of rotatable bonds is 2. The zero-order valence-corrected chi connectivity index (χ0v) is 7.71. The lowest BCUT2D eigenvalue weighted by Crippen LogP contribution is -2.06. The van der Waals surface area contributed by atoms with Crippen molar-refractivity contribution in [2.24, 2.45) is 5.73 Å². The molecule has 1 nitrogen and oxygen atoms in total. The first-order valence-electron chi connectivity index (χ1n) is 3.38. The molecule has 0 aromatic heterocycles. The molecule has 2 N–H and O–H groups in total. The van der Waals surface area contributed by atoms with E-state index in [1.54, 1.807) is 6.08 Å². The van der Waals surface area contributed by atoms with Gasteiger partial charge < -0.3 is 5.73 Å². The normalized spacial score (nSPS) is 12.5. The van der Waals surface area contributed by atoms with Crippen LogP contribution in [0.15, 0.2) is 41.4 Å². The molecule has 2 heteroatoms. The van der Waals surface area contributed by atoms with Crippen molar-refractivity contribution < 1.29 is 0 Å². The summed E-state index contributed by atoms with van der Waals surface area (Å²) in [5.41, 5.74) is 6.82. The van der Waals surface area contributed by atoms with Gasteiger partial charge in [-0.25, -0.2) is 0 Å². The minimum Gasteiger partial charge on any atom is -0.321 e. The molecule has 1 atom stereocenters. The molecule has 0 amide bonds. The van der Waals surface area contributed by atoms with Crippen molar-refractivity contribution in [3.8, 4) is 0 Å². The van der Waals surface area contributed by atoms with Crippen molar-refractivity contribution in [3.63, 3.8) is 0 Å². The first kappa shape index (κ1) is 8.50. The fraction of sp³-hybridized carbons (Fsp3) is 0.111. The van der Waals surface area contributed by atoms with Crippen LogP contribution in [-0.2, 0) is 0 Å². The van der Waals surface area contributed by atoms with E-state index >= 15 is 0 Å². The summed E-state index contributed by atoms with van der Waals surface area (Å²) in [6.07, 6.45) is 1.72. The van der Waals surface area contributed by atoms with Gasteiger partial charge in [0.05, 0.1) is 0 Å². The zero-order valence-electron chi connectivity index (χ0n) is 6.13. The van der Waals surface area contributed by atoms with Crippen molar-refractivity contribution in [1.82, 2.24) is 0 Å². The molecule has 1 rings (SSSR count). The van der Waals surface area contributed by atoms with Gasteiger partial charge in [0.2, 0.25) is 0 Å². The highest BCUT2D eigenvalue weighted by Crippen LogP contribution is 2.21. The second-order valence-electron chi connectivity index (χ2n) is 2.28. The van der Waals surface area contributed by atoms with Crippen molar-refractivity contribution in [3.05, 3.63) is 47.0 Å². The van der Waals surface area contributed by atoms with Crippen molar-refractivity contribution in [1.29, 1.82) is 0 Å². The Kier molecular flexibility index (Phi) is 2.85. The van der Waals surface area contributed by atoms with Crippen molar-refractivity contribution >= 4 is 15.9 Å². The molecule has 58 valence electrons. The minimum atomic E-state index is -0.0782. The van der Waals surface area contributed by atoms with E-state index in [9.17, 15) is 0 Å². The second kappa shape index (κ2) is 3.69. The van der Waals surface area contributed by atoms with E-state index in [1.807, 2.05) is 24.3 Å². The summed E-state index contributed by atoms with van der Waals surface area (Å²) in [5.74, 6) is 0. The molecule has 1 aromatic carbocycles. The van der Waals surface area contributed by atoms with Crippen LogP contribution in [0.25, 0.3) is 0 Å². The third-order valence-corrected chi connectivity index (χ3v) is 2.24. The van der Waals surface area contributed by atoms with Gasteiger partial charge in [0.25, 0.3) is 0 Å². The average molecular weight is 212 g/mol. The molecular formula is C9H10BrN. The van der Waals surface area contributed by atoms with E-state index in [1.165, 1.54) is 0 Å². The van der Waals surface area contributed by atoms with Gasteiger partial charge in [0.15, 0.2) is 0 Å². The molecular weight excluding hydrogens is 202 g/mol. The van der Waals surface area contributed by atoms with Crippen LogP contribution < -0.4 is 5.73 Å². The Bertz CT molecular complexity index is 257. The van der Waals surface area contributed by atoms with Gasteiger partial charge in [-0.3, -0.25) is 0 Å². The highest BCUT2D eigenvalue weighted by atomic mass is 79.9. The maximum atomic E-state index is 5.75. The Balaban J connectivity index is 3.02. The predicted octanol–water partition coefficient (Wildman–Crippen LogP) is 2.63. The summed E-state index contributed by atoms with van der Waals surface area (Å²) in [5, 5.41) is 0. The molecule has 0 unspecified atom stereocenters. The van der Waals surface area contributed by atoms with E-state index in [0.717, 1.165) is 10.0 Å². The van der Waals surface area contributed by atoms with E-state index < -0.39 is 0 Å². The van der Waals surface area contributed by atoms with E-state index in [0.29, 0.717) is 0 Å². The van der Waals surface area contributed by atoms with Crippen LogP contribution in [0, 0.1) is 0 Å². The lowest BCUT2D eigenvalue weighted by Gasteiger charge is -2.07. The molecule has 11 heavy (non-hydrogen) atoms. The highest BCUT2D eigenvalue weighted by molar-refractivity contribution is 9.10. The van der Waals surface area contributed by atoms with Gasteiger partial charge in [0, 0.05) is 10.5 Å². The topological polar surface area (TPSA) is 26.0 Å². The smallest absolute Gasteiger partial charge is 0.0489 e. The van der Waals surface area contributed by atoms with Crippen molar-refractivity contribution in [2.75, 3.05) is 0 Å². The first-order valence-corrected chi connectivity index (χ1v) is 4.17. The van der Waals surface area contributed by atoms with Crippen LogP contribution in [0.2, 0.25) is 0 Å². The summed E-state index contributed by atoms with van der Waals surface area (Å²) in [6, 6.07) is 7.80. The summed E-state index contributed by atoms with van der Waals surface area (Å²) in [4.78, 5) is 0. The van der Waals surface area contributed by atoms with Gasteiger partial charge in [-0.05, 0) is 11.6 Å². The lowest BCUT2D eigenvalue weighted by molar-refractivity contribution is 0.908. The number of nitrogens with two attached hydrogens (primary N) is 1. The Morgan fingerprint density at radius 1 is 1.45 bits per heavy atom. The molecule has 0 aliphatic carbocycles. The summed E-state index contributed by atoms with van der Waals surface area (Å²) >= 11 is 3.41. The van der Waals surface area contributed by atoms with Crippen LogP contribution in [-0.4, -0.2) is 0 Å². The van der Waals surface area contributed by atoms with Crippen LogP contribution in [0.5, 0.6) is 0 Å². The molecule has 0 saturated carbocycles. The maximum absolute atomic E-state index is 5.75. The van der Waals surface area contributed by atoms with Crippen LogP contribution in [0.3, 0.4) is 0 Å². The second-order valence-corrected chi connectivity index (χ2v) is 3.14. The standard InChI is InChI=1S/C9H10BrN/c1-2-9(11)7-5-3-4-6-8(7)10/h2-6,9H,1,11H2/t9-/m1/s1. The first-order chi connectivity index (χ1) is 5.25. The van der Waals surface area contributed by atoms with Crippen LogP contribution >= 0.6 is 15.9 Å². The van der Waals surface area contributed by atoms with E-state index in [2.05, 4.69) is 22.5 Å². The summed E-state index contributed by atoms with van der Waals surface area (Å²) < 4.78 is 1.03. The SMILES string of the molecule is C=C[C@@H](N)c1ccccc1Br. The number of hydrogen-bond donors (Lipinski definition) is 1. The third kappa shape index (κ3) is 1.91. The largest absolute Gasteiger partial charge is 0.321 e. The van der Waals surface area contributed by atoms with Gasteiger partial charge in [0.1, 0.15) is 0 Å². The lowest BCUT2D eigenvalue weighted by atomic mass is 10.1. The molecule has 0 aliphatic rings. The summed E-state index contributed by atoms with van der Waals surface area (Å²) in [6.45, 7) is 3.63. The Morgan fingerprint density at radius 2 is 2.09 bits per heavy atom. The number of hydrogen-bond acceptors (Lipinski definition) is 1. The molecule has 0 fully saturated rings. The Labute approximate surface area is 75.0 Å². The summed E-state index contributed by atoms with van der Waals surface area (Å²) in [7, 11) is 0. The Morgan fingerprint density at radius 3 is 2.64 bits per heavy atom. The number of benzene rings is 1. The minimum absolute atomic E-state index is 0.0782. The maximum Gasteiger partial charge on any atom is 0.0489 e. The molecule has 0 aliphatic heterocycles. The Hall–Kier alpha value is -0.600. The monoisotopic (exact) mass is 211 g/mol. The van der Waals surface area contributed by atoms with Crippen molar-refractivity contribution in [2.45, 2.75) is 6.04 Å².